The SMILES string of the molecule is O=C(Nc1cc2ccccc2nnc1=O)c1ccccc1. The van der Waals surface area contributed by atoms with Crippen molar-refractivity contribution in [2.75, 3.05) is 5.32 Å². The lowest BCUT2D eigenvalue weighted by Crippen LogP contribution is -2.18. The van der Waals surface area contributed by atoms with Crippen molar-refractivity contribution >= 4 is 22.5 Å². The number of anilines is 1. The van der Waals surface area contributed by atoms with Crippen LogP contribution in [0.2, 0.25) is 0 Å². The fraction of sp³-hybridized carbons (Fsp3) is 0. The van der Waals surface area contributed by atoms with Crippen LogP contribution in [0.4, 0.5) is 5.69 Å². The van der Waals surface area contributed by atoms with Crippen LogP contribution in [0, 0.1) is 0 Å². The Kier molecular flexibility index (Phi) is 3.39. The van der Waals surface area contributed by atoms with Gasteiger partial charge in [-0.15, -0.1) is 10.2 Å². The van der Waals surface area contributed by atoms with E-state index in [1.54, 1.807) is 36.4 Å². The molecule has 0 saturated carbocycles. The highest BCUT2D eigenvalue weighted by molar-refractivity contribution is 6.04. The molecule has 5 heteroatoms. The topological polar surface area (TPSA) is 72.0 Å². The Morgan fingerprint density at radius 1 is 0.905 bits per heavy atom. The molecule has 0 bridgehead atoms. The van der Waals surface area contributed by atoms with E-state index in [1.807, 2.05) is 24.3 Å². The van der Waals surface area contributed by atoms with Crippen LogP contribution in [0.1, 0.15) is 10.4 Å². The molecule has 0 aliphatic heterocycles. The lowest BCUT2D eigenvalue weighted by molar-refractivity contribution is 0.102. The van der Waals surface area contributed by atoms with E-state index >= 15 is 0 Å². The van der Waals surface area contributed by atoms with Crippen LogP contribution in [-0.2, 0) is 0 Å². The van der Waals surface area contributed by atoms with E-state index in [0.717, 1.165) is 5.39 Å². The van der Waals surface area contributed by atoms with Gasteiger partial charge in [-0.1, -0.05) is 36.4 Å². The third kappa shape index (κ3) is 2.76. The molecule has 21 heavy (non-hydrogen) atoms. The maximum absolute atomic E-state index is 12.1. The Morgan fingerprint density at radius 2 is 1.62 bits per heavy atom. The third-order valence-corrected chi connectivity index (χ3v) is 3.00. The molecule has 1 N–H and O–H groups in total. The van der Waals surface area contributed by atoms with E-state index in [0.29, 0.717) is 11.1 Å². The van der Waals surface area contributed by atoms with E-state index in [1.165, 1.54) is 0 Å². The van der Waals surface area contributed by atoms with Crippen LogP contribution in [0.5, 0.6) is 0 Å². The van der Waals surface area contributed by atoms with E-state index < -0.39 is 5.56 Å². The number of hydrogen-bond acceptors (Lipinski definition) is 4. The molecule has 0 aliphatic rings. The van der Waals surface area contributed by atoms with Crippen molar-refractivity contribution in [3.63, 3.8) is 0 Å². The van der Waals surface area contributed by atoms with Crippen molar-refractivity contribution in [1.29, 1.82) is 0 Å². The number of carbonyl (C=O) groups is 1. The number of amides is 1. The number of benzene rings is 2. The first-order chi connectivity index (χ1) is 10.2. The molecule has 0 aliphatic carbocycles. The smallest absolute Gasteiger partial charge is 0.311 e. The lowest BCUT2D eigenvalue weighted by Gasteiger charge is -2.02. The monoisotopic (exact) mass is 277 g/mol. The second-order valence-electron chi connectivity index (χ2n) is 4.44. The summed E-state index contributed by atoms with van der Waals surface area (Å²) in [6.07, 6.45) is 0. The largest absolute Gasteiger partial charge is 0.317 e. The molecule has 0 fully saturated rings. The van der Waals surface area contributed by atoms with Gasteiger partial charge in [0.15, 0.2) is 0 Å². The zero-order valence-electron chi connectivity index (χ0n) is 11.0. The molecular weight excluding hydrogens is 266 g/mol. The number of nitrogens with one attached hydrogen (secondary N) is 1. The fourth-order valence-corrected chi connectivity index (χ4v) is 1.94. The van der Waals surface area contributed by atoms with E-state index in [2.05, 4.69) is 15.5 Å². The average molecular weight is 277 g/mol. The molecule has 0 spiro atoms. The standard InChI is InChI=1S/C16H11N3O2/c20-15(11-6-2-1-3-7-11)17-14-10-12-8-4-5-9-13(12)18-19-16(14)21/h1-10H,(H,17,19,20,21). The maximum atomic E-state index is 12.1. The molecule has 1 aromatic heterocycles. The minimum absolute atomic E-state index is 0.109. The number of fused-ring (bicyclic) bond motifs is 1. The minimum Gasteiger partial charge on any atom is -0.317 e. The van der Waals surface area contributed by atoms with Gasteiger partial charge in [-0.05, 0) is 24.3 Å². The average Bonchev–Trinajstić information content (AvgIpc) is 2.68. The number of aromatic nitrogens is 2. The highest BCUT2D eigenvalue weighted by atomic mass is 16.2. The normalized spacial score (nSPS) is 10.3. The first-order valence-electron chi connectivity index (χ1n) is 6.37. The Morgan fingerprint density at radius 3 is 2.43 bits per heavy atom. The first kappa shape index (κ1) is 12.9. The summed E-state index contributed by atoms with van der Waals surface area (Å²) < 4.78 is 0. The molecule has 0 unspecified atom stereocenters. The summed E-state index contributed by atoms with van der Waals surface area (Å²) in [5.74, 6) is -0.357. The number of hydrogen-bond donors (Lipinski definition) is 1. The second-order valence-corrected chi connectivity index (χ2v) is 4.44. The second kappa shape index (κ2) is 5.50. The summed E-state index contributed by atoms with van der Waals surface area (Å²) in [5, 5.41) is 10.8. The van der Waals surface area contributed by atoms with Gasteiger partial charge in [0.2, 0.25) is 0 Å². The van der Waals surface area contributed by atoms with Gasteiger partial charge in [-0.3, -0.25) is 9.59 Å². The van der Waals surface area contributed by atoms with Gasteiger partial charge in [-0.25, -0.2) is 0 Å². The molecule has 1 heterocycles. The van der Waals surface area contributed by atoms with Crippen LogP contribution in [0.15, 0.2) is 65.5 Å². The van der Waals surface area contributed by atoms with Gasteiger partial charge in [-0.2, -0.15) is 0 Å². The summed E-state index contributed by atoms with van der Waals surface area (Å²) >= 11 is 0. The molecular formula is C16H11N3O2. The highest BCUT2D eigenvalue weighted by Gasteiger charge is 2.08. The van der Waals surface area contributed by atoms with Crippen LogP contribution in [0.3, 0.4) is 0 Å². The van der Waals surface area contributed by atoms with Crippen molar-refractivity contribution in [1.82, 2.24) is 10.2 Å². The number of rotatable bonds is 2. The van der Waals surface area contributed by atoms with E-state index in [9.17, 15) is 9.59 Å². The Bertz CT molecular complexity index is 863. The van der Waals surface area contributed by atoms with Crippen molar-refractivity contribution in [3.8, 4) is 0 Å². The number of nitrogens with zero attached hydrogens (tertiary/aromatic N) is 2. The molecule has 0 atom stereocenters. The molecule has 0 radical (unpaired) electrons. The Hall–Kier alpha value is -3.08. The lowest BCUT2D eigenvalue weighted by atomic mass is 10.2. The zero-order chi connectivity index (χ0) is 14.7. The van der Waals surface area contributed by atoms with Crippen molar-refractivity contribution < 1.29 is 4.79 Å². The molecule has 3 aromatic rings. The minimum atomic E-state index is -0.574. The van der Waals surface area contributed by atoms with Gasteiger partial charge in [0.1, 0.15) is 5.69 Å². The van der Waals surface area contributed by atoms with Crippen molar-refractivity contribution in [2.45, 2.75) is 0 Å². The van der Waals surface area contributed by atoms with Crippen molar-refractivity contribution in [3.05, 3.63) is 76.6 Å². The van der Waals surface area contributed by atoms with Gasteiger partial charge < -0.3 is 5.32 Å². The number of carbonyl (C=O) groups excluding carboxylic acids is 1. The summed E-state index contributed by atoms with van der Waals surface area (Å²) in [4.78, 5) is 24.0. The van der Waals surface area contributed by atoms with Crippen LogP contribution < -0.4 is 10.9 Å². The van der Waals surface area contributed by atoms with Gasteiger partial charge in [0.05, 0.1) is 5.52 Å². The predicted octanol–water partition coefficient (Wildman–Crippen LogP) is 2.24. The fourth-order valence-electron chi connectivity index (χ4n) is 1.94. The van der Waals surface area contributed by atoms with Crippen LogP contribution >= 0.6 is 0 Å². The van der Waals surface area contributed by atoms with Crippen LogP contribution in [0.25, 0.3) is 10.9 Å². The van der Waals surface area contributed by atoms with Crippen LogP contribution in [-0.4, -0.2) is 16.1 Å². The van der Waals surface area contributed by atoms with E-state index in [4.69, 9.17) is 0 Å². The Balaban J connectivity index is 2.03. The van der Waals surface area contributed by atoms with E-state index in [-0.39, 0.29) is 11.6 Å². The summed E-state index contributed by atoms with van der Waals surface area (Å²) in [7, 11) is 0. The third-order valence-electron chi connectivity index (χ3n) is 3.00. The summed E-state index contributed by atoms with van der Waals surface area (Å²) in [6.45, 7) is 0. The van der Waals surface area contributed by atoms with Gasteiger partial charge >= 0.3 is 5.56 Å². The molecule has 102 valence electrons. The Labute approximate surface area is 120 Å². The summed E-state index contributed by atoms with van der Waals surface area (Å²) in [6, 6.07) is 17.5. The maximum Gasteiger partial charge on any atom is 0.311 e. The van der Waals surface area contributed by atoms with Gasteiger partial charge in [0, 0.05) is 10.9 Å². The molecule has 1 amide bonds. The quantitative estimate of drug-likeness (QED) is 0.779. The molecule has 2 aromatic carbocycles. The molecule has 0 saturated heterocycles. The predicted molar refractivity (Wildman–Crippen MR) is 80.2 cm³/mol. The zero-order valence-corrected chi connectivity index (χ0v) is 11.0. The van der Waals surface area contributed by atoms with Gasteiger partial charge in [0.25, 0.3) is 5.91 Å². The highest BCUT2D eigenvalue weighted by Crippen LogP contribution is 2.12. The summed E-state index contributed by atoms with van der Waals surface area (Å²) in [5.41, 5.74) is 0.600. The molecule has 3 rings (SSSR count). The van der Waals surface area contributed by atoms with Crippen molar-refractivity contribution in [2.24, 2.45) is 0 Å². The first-order valence-corrected chi connectivity index (χ1v) is 6.37. The molecule has 5 nitrogen and oxygen atoms in total.